The quantitative estimate of drug-likeness (QED) is 0.102. The zero-order chi connectivity index (χ0) is 56.4. The van der Waals surface area contributed by atoms with Gasteiger partial charge in [0, 0.05) is 93.1 Å². The zero-order valence-electron chi connectivity index (χ0n) is 47.9. The smallest absolute Gasteiger partial charge is 0.410 e. The summed E-state index contributed by atoms with van der Waals surface area (Å²) in [5.41, 5.74) is 6.10. The number of benzene rings is 5. The molecule has 85 heavy (non-hydrogen) atoms. The lowest BCUT2D eigenvalue weighted by molar-refractivity contribution is 0.0274. The maximum atomic E-state index is 12.7. The fourth-order valence-corrected chi connectivity index (χ4v) is 10.9. The standard InChI is InChI=1S/C25H30N2O5.C20H22N2O3.C18H27NO3.5CH4.ClH/c1-25(2,3)32-24(29)27-13-18(22(14-27)16-5-8-19(30-4)9-6-16)15-31-20-10-7-17-12-26-23(28)21(17)11-20;1-24-16-5-2-13(3-6-16)19-11-21-9-15(19)12-25-17-7-4-14-10-22-20(23)18(14)8-17;1-6-13-11-19(17(20)22-18(2,3)4)12-16(13)14-7-9-15(21-5)10-8-14;;;;;;/h5-11,18,22H,12-15H2,1-4H3,(H,26,28);2-8,15,19,21H,9-12H2,1H3,(H,22,23);7-10,13,16H,6,11-12H2,1-5H3;5*1H4;1H/t18-,22-;15-,19-;13-,16-;;;;;;/m001....../s1. The molecule has 17 heteroatoms. The Morgan fingerprint density at radius 2 is 0.835 bits per heavy atom. The highest BCUT2D eigenvalue weighted by Gasteiger charge is 2.40. The lowest BCUT2D eigenvalue weighted by Gasteiger charge is -2.24. The second-order valence-electron chi connectivity index (χ2n) is 22.9. The van der Waals surface area contributed by atoms with E-state index in [2.05, 4.69) is 47.1 Å². The van der Waals surface area contributed by atoms with Gasteiger partial charge in [0.15, 0.2) is 0 Å². The Labute approximate surface area is 514 Å². The van der Waals surface area contributed by atoms with E-state index < -0.39 is 11.2 Å². The van der Waals surface area contributed by atoms with E-state index in [0.29, 0.717) is 74.4 Å². The van der Waals surface area contributed by atoms with E-state index in [0.717, 1.165) is 77.9 Å². The van der Waals surface area contributed by atoms with Gasteiger partial charge in [-0.05, 0) is 136 Å². The van der Waals surface area contributed by atoms with Crippen molar-refractivity contribution in [1.82, 2.24) is 25.8 Å². The molecule has 5 aliphatic rings. The van der Waals surface area contributed by atoms with Gasteiger partial charge >= 0.3 is 12.2 Å². The number of hydrogen-bond donors (Lipinski definition) is 3. The first-order chi connectivity index (χ1) is 37.8. The Bertz CT molecular complexity index is 2890. The largest absolute Gasteiger partial charge is 0.497 e. The normalized spacial score (nSPS) is 19.6. The van der Waals surface area contributed by atoms with Gasteiger partial charge in [0.1, 0.15) is 39.9 Å². The second kappa shape index (κ2) is 32.9. The van der Waals surface area contributed by atoms with Crippen molar-refractivity contribution in [3.63, 3.8) is 0 Å². The van der Waals surface area contributed by atoms with Crippen LogP contribution in [0.4, 0.5) is 9.59 Å². The van der Waals surface area contributed by atoms with E-state index in [4.69, 9.17) is 33.2 Å². The Morgan fingerprint density at radius 1 is 0.482 bits per heavy atom. The summed E-state index contributed by atoms with van der Waals surface area (Å²) in [6.45, 7) is 20.2. The number of hydrogen-bond acceptors (Lipinski definition) is 12. The summed E-state index contributed by atoms with van der Waals surface area (Å²) in [6.07, 6.45) is 0.533. The van der Waals surface area contributed by atoms with E-state index in [-0.39, 0.29) is 85.4 Å². The Morgan fingerprint density at radius 3 is 1.21 bits per heavy atom. The molecule has 0 radical (unpaired) electrons. The van der Waals surface area contributed by atoms with Crippen LogP contribution in [-0.2, 0) is 22.6 Å². The minimum atomic E-state index is -0.549. The van der Waals surface area contributed by atoms with Gasteiger partial charge in [-0.1, -0.05) is 99.0 Å². The topological polar surface area (TPSA) is 175 Å². The van der Waals surface area contributed by atoms with Gasteiger partial charge in [-0.25, -0.2) is 9.59 Å². The van der Waals surface area contributed by atoms with Gasteiger partial charge in [-0.15, -0.1) is 12.4 Å². The van der Waals surface area contributed by atoms with Crippen molar-refractivity contribution in [2.45, 2.75) is 134 Å². The number of likely N-dealkylation sites (tertiary alicyclic amines) is 2. The van der Waals surface area contributed by atoms with Crippen LogP contribution in [0.3, 0.4) is 0 Å². The van der Waals surface area contributed by atoms with Crippen LogP contribution in [0, 0.1) is 17.8 Å². The maximum absolute atomic E-state index is 12.7. The average Bonchev–Trinajstić information content (AvgIpc) is 4.45. The van der Waals surface area contributed by atoms with Crippen molar-refractivity contribution in [3.05, 3.63) is 148 Å². The molecular weight excluding hydrogens is 1100 g/mol. The van der Waals surface area contributed by atoms with E-state index >= 15 is 0 Å². The van der Waals surface area contributed by atoms with Crippen molar-refractivity contribution in [3.8, 4) is 28.7 Å². The van der Waals surface area contributed by atoms with Crippen LogP contribution in [-0.4, -0.2) is 119 Å². The van der Waals surface area contributed by atoms with Crippen LogP contribution >= 0.6 is 12.4 Å². The third-order valence-electron chi connectivity index (χ3n) is 15.1. The van der Waals surface area contributed by atoms with E-state index in [1.807, 2.05) is 125 Å². The molecule has 3 N–H and O–H groups in total. The Balaban J connectivity index is 0.000000428. The molecule has 5 aromatic rings. The molecular formula is C68H100ClN5O11. The number of carbonyl (C=O) groups is 4. The number of nitrogens with one attached hydrogen (secondary N) is 3. The lowest BCUT2D eigenvalue weighted by Crippen LogP contribution is -2.35. The monoisotopic (exact) mass is 1200 g/mol. The molecule has 4 amide bonds. The van der Waals surface area contributed by atoms with Gasteiger partial charge in [-0.2, -0.15) is 0 Å². The fourth-order valence-electron chi connectivity index (χ4n) is 10.9. The highest BCUT2D eigenvalue weighted by atomic mass is 35.5. The van der Waals surface area contributed by atoms with Crippen molar-refractivity contribution in [2.75, 3.05) is 73.8 Å². The van der Waals surface area contributed by atoms with Crippen molar-refractivity contribution >= 4 is 36.4 Å². The third-order valence-corrected chi connectivity index (χ3v) is 15.1. The van der Waals surface area contributed by atoms with Crippen molar-refractivity contribution in [2.24, 2.45) is 17.8 Å². The lowest BCUT2D eigenvalue weighted by atomic mass is 9.87. The van der Waals surface area contributed by atoms with Crippen LogP contribution in [0.25, 0.3) is 0 Å². The highest BCUT2D eigenvalue weighted by molar-refractivity contribution is 5.99. The summed E-state index contributed by atoms with van der Waals surface area (Å²) in [5.74, 6) is 5.70. The van der Waals surface area contributed by atoms with Gasteiger partial charge in [0.2, 0.25) is 0 Å². The van der Waals surface area contributed by atoms with E-state index in [1.54, 1.807) is 32.3 Å². The first kappa shape index (κ1) is 73.9. The first-order valence-corrected chi connectivity index (χ1v) is 27.5. The SMILES string of the molecule is C.C.C.C.C.CC[C@@H]1CN(C(=O)OC(C)(C)C)C[C@H]1c1ccc(OC)cc1.COc1ccc([C@@H]2CN(C(=O)OC(C)(C)C)C[C@H]2COc2ccc3c(c2)C(=O)NC3)cc1.COc1ccc([C@@H]2CNC[C@H]2COc2ccc3c(c2)C(=O)NC3)cc1.Cl. The summed E-state index contributed by atoms with van der Waals surface area (Å²) in [4.78, 5) is 52.3. The molecule has 5 aromatic carbocycles. The first-order valence-electron chi connectivity index (χ1n) is 27.5. The molecule has 5 aliphatic heterocycles. The number of nitrogens with zero attached hydrogens (tertiary/aromatic N) is 2. The van der Waals surface area contributed by atoms with Crippen LogP contribution in [0.1, 0.15) is 158 Å². The molecule has 10 rings (SSSR count). The summed E-state index contributed by atoms with van der Waals surface area (Å²) in [7, 11) is 4.99. The maximum Gasteiger partial charge on any atom is 0.410 e. The van der Waals surface area contributed by atoms with E-state index in [1.165, 1.54) is 11.1 Å². The van der Waals surface area contributed by atoms with Gasteiger partial charge in [-0.3, -0.25) is 9.59 Å². The van der Waals surface area contributed by atoms with Gasteiger partial charge in [0.25, 0.3) is 11.8 Å². The molecule has 470 valence electrons. The zero-order valence-corrected chi connectivity index (χ0v) is 48.7. The number of carbonyl (C=O) groups excluding carboxylic acids is 4. The molecule has 0 spiro atoms. The van der Waals surface area contributed by atoms with Crippen LogP contribution < -0.4 is 39.6 Å². The van der Waals surface area contributed by atoms with Crippen molar-refractivity contribution in [1.29, 1.82) is 0 Å². The minimum absolute atomic E-state index is 0. The van der Waals surface area contributed by atoms with Crippen LogP contribution in [0.15, 0.2) is 109 Å². The Hall–Kier alpha value is -7.17. The second-order valence-corrected chi connectivity index (χ2v) is 22.9. The van der Waals surface area contributed by atoms with Crippen LogP contribution in [0.2, 0.25) is 0 Å². The molecule has 6 atom stereocenters. The average molecular weight is 1200 g/mol. The number of rotatable bonds is 13. The minimum Gasteiger partial charge on any atom is -0.497 e. The molecule has 3 saturated heterocycles. The molecule has 0 bridgehead atoms. The number of amides is 4. The fraction of sp³-hybridized carbons (Fsp3) is 0.500. The molecule has 16 nitrogen and oxygen atoms in total. The van der Waals surface area contributed by atoms with Crippen LogP contribution in [0.5, 0.6) is 28.7 Å². The van der Waals surface area contributed by atoms with Gasteiger partial charge in [0.05, 0.1) is 34.5 Å². The third kappa shape index (κ3) is 19.4. The molecule has 0 saturated carbocycles. The highest BCUT2D eigenvalue weighted by Crippen LogP contribution is 2.38. The molecule has 5 heterocycles. The molecule has 3 fully saturated rings. The summed E-state index contributed by atoms with van der Waals surface area (Å²) >= 11 is 0. The molecule has 0 aliphatic carbocycles. The summed E-state index contributed by atoms with van der Waals surface area (Å²) in [5, 5.41) is 9.11. The number of ether oxygens (including phenoxy) is 7. The van der Waals surface area contributed by atoms with Crippen molar-refractivity contribution < 1.29 is 52.3 Å². The van der Waals surface area contributed by atoms with E-state index in [9.17, 15) is 19.2 Å². The predicted octanol–water partition coefficient (Wildman–Crippen LogP) is 13.9. The summed E-state index contributed by atoms with van der Waals surface area (Å²) < 4.78 is 39.0. The molecule has 0 aromatic heterocycles. The Kier molecular flexibility index (Phi) is 28.6. The molecule has 0 unspecified atom stereocenters. The number of methoxy groups -OCH3 is 3. The predicted molar refractivity (Wildman–Crippen MR) is 344 cm³/mol. The number of fused-ring (bicyclic) bond motifs is 2. The van der Waals surface area contributed by atoms with Gasteiger partial charge < -0.3 is 58.9 Å². The summed E-state index contributed by atoms with van der Waals surface area (Å²) in [6, 6.07) is 35.7. The number of halogens is 1.